The van der Waals surface area contributed by atoms with Gasteiger partial charge in [0.2, 0.25) is 0 Å². The maximum Gasteiger partial charge on any atom is 0.0230 e. The largest absolute Gasteiger partial charge is 0.306 e. The van der Waals surface area contributed by atoms with E-state index < -0.39 is 0 Å². The first-order chi connectivity index (χ1) is 8.13. The number of benzene rings is 1. The van der Waals surface area contributed by atoms with Crippen LogP contribution in [0.2, 0.25) is 0 Å². The number of hydrogen-bond acceptors (Lipinski definition) is 2. The Hall–Kier alpha value is -0.130. The lowest BCUT2D eigenvalue weighted by Crippen LogP contribution is -2.27. The van der Waals surface area contributed by atoms with Gasteiger partial charge in [0.15, 0.2) is 0 Å². The molecule has 1 aromatic carbocycles. The van der Waals surface area contributed by atoms with E-state index in [4.69, 9.17) is 0 Å². The van der Waals surface area contributed by atoms with Gasteiger partial charge in [-0.25, -0.2) is 0 Å². The van der Waals surface area contributed by atoms with E-state index in [2.05, 4.69) is 70.8 Å². The molecule has 0 aliphatic carbocycles. The molecule has 0 amide bonds. The van der Waals surface area contributed by atoms with Gasteiger partial charge < -0.3 is 9.80 Å². The number of likely N-dealkylation sites (tertiary alicyclic amines) is 1. The monoisotopic (exact) mass is 344 g/mol. The highest BCUT2D eigenvalue weighted by molar-refractivity contribution is 14.1. The highest BCUT2D eigenvalue weighted by Gasteiger charge is 2.20. The third kappa shape index (κ3) is 4.23. The van der Waals surface area contributed by atoms with Gasteiger partial charge in [-0.1, -0.05) is 12.1 Å². The fourth-order valence-corrected chi connectivity index (χ4v) is 2.94. The highest BCUT2D eigenvalue weighted by Crippen LogP contribution is 2.16. The van der Waals surface area contributed by atoms with Crippen LogP contribution >= 0.6 is 22.6 Å². The van der Waals surface area contributed by atoms with Gasteiger partial charge in [-0.3, -0.25) is 0 Å². The minimum Gasteiger partial charge on any atom is -0.306 e. The lowest BCUT2D eigenvalue weighted by atomic mass is 10.1. The first kappa shape index (κ1) is 13.3. The van der Waals surface area contributed by atoms with E-state index in [9.17, 15) is 0 Å². The Morgan fingerprint density at radius 2 is 2.06 bits per heavy atom. The summed E-state index contributed by atoms with van der Waals surface area (Å²) in [6.07, 6.45) is 1.35. The maximum absolute atomic E-state index is 2.45. The normalized spacial score (nSPS) is 21.3. The van der Waals surface area contributed by atoms with E-state index in [0.29, 0.717) is 0 Å². The van der Waals surface area contributed by atoms with Crippen molar-refractivity contribution in [2.45, 2.75) is 13.0 Å². The Bertz CT molecular complexity index is 350. The number of halogens is 1. The molecule has 17 heavy (non-hydrogen) atoms. The van der Waals surface area contributed by atoms with Crippen molar-refractivity contribution in [2.24, 2.45) is 5.92 Å². The summed E-state index contributed by atoms with van der Waals surface area (Å²) in [5.41, 5.74) is 1.42. The SMILES string of the molecule is CN1CCC(CN(C)Cc2ccc(I)cc2)C1. The van der Waals surface area contributed by atoms with Crippen molar-refractivity contribution in [3.63, 3.8) is 0 Å². The average molecular weight is 344 g/mol. The van der Waals surface area contributed by atoms with Crippen LogP contribution in [0.5, 0.6) is 0 Å². The summed E-state index contributed by atoms with van der Waals surface area (Å²) in [4.78, 5) is 4.88. The van der Waals surface area contributed by atoms with Crippen molar-refractivity contribution in [1.29, 1.82) is 0 Å². The second-order valence-corrected chi connectivity index (χ2v) is 6.49. The Kier molecular flexibility index (Phi) is 4.82. The Labute approximate surface area is 118 Å². The van der Waals surface area contributed by atoms with Crippen LogP contribution in [-0.2, 0) is 6.54 Å². The summed E-state index contributed by atoms with van der Waals surface area (Å²) >= 11 is 2.35. The minimum absolute atomic E-state index is 0.855. The van der Waals surface area contributed by atoms with E-state index in [1.807, 2.05) is 0 Å². The molecule has 0 bridgehead atoms. The Morgan fingerprint density at radius 3 is 2.65 bits per heavy atom. The van der Waals surface area contributed by atoms with Gasteiger partial charge in [-0.05, 0) is 73.3 Å². The Balaban J connectivity index is 1.80. The summed E-state index contributed by atoms with van der Waals surface area (Å²) in [5.74, 6) is 0.855. The Morgan fingerprint density at radius 1 is 1.35 bits per heavy atom. The summed E-state index contributed by atoms with van der Waals surface area (Å²) in [6.45, 7) is 4.81. The van der Waals surface area contributed by atoms with Crippen LogP contribution in [0.25, 0.3) is 0 Å². The van der Waals surface area contributed by atoms with Crippen molar-refractivity contribution in [3.8, 4) is 0 Å². The molecular weight excluding hydrogens is 323 g/mol. The van der Waals surface area contributed by atoms with Crippen LogP contribution in [0.15, 0.2) is 24.3 Å². The molecule has 1 aliphatic rings. The van der Waals surface area contributed by atoms with Gasteiger partial charge in [0.25, 0.3) is 0 Å². The molecular formula is C14H21IN2. The molecule has 0 radical (unpaired) electrons. The quantitative estimate of drug-likeness (QED) is 0.775. The van der Waals surface area contributed by atoms with Crippen LogP contribution in [-0.4, -0.2) is 43.5 Å². The third-order valence-corrected chi connectivity index (χ3v) is 4.14. The first-order valence-electron chi connectivity index (χ1n) is 6.25. The molecule has 2 nitrogen and oxygen atoms in total. The maximum atomic E-state index is 2.45. The van der Waals surface area contributed by atoms with Crippen LogP contribution in [0, 0.1) is 9.49 Å². The van der Waals surface area contributed by atoms with E-state index in [1.165, 1.54) is 35.2 Å². The molecule has 3 heteroatoms. The van der Waals surface area contributed by atoms with E-state index >= 15 is 0 Å². The van der Waals surface area contributed by atoms with E-state index in [-0.39, 0.29) is 0 Å². The number of rotatable bonds is 4. The fraction of sp³-hybridized carbons (Fsp3) is 0.571. The first-order valence-corrected chi connectivity index (χ1v) is 7.33. The number of nitrogens with zero attached hydrogens (tertiary/aromatic N) is 2. The van der Waals surface area contributed by atoms with Gasteiger partial charge in [0.1, 0.15) is 0 Å². The molecule has 1 aliphatic heterocycles. The molecule has 1 atom stereocenters. The molecule has 0 saturated carbocycles. The molecule has 1 aromatic rings. The molecule has 1 fully saturated rings. The predicted octanol–water partition coefficient (Wildman–Crippen LogP) is 2.67. The number of hydrogen-bond donors (Lipinski definition) is 0. The van der Waals surface area contributed by atoms with Gasteiger partial charge in [-0.15, -0.1) is 0 Å². The minimum atomic E-state index is 0.855. The molecule has 0 spiro atoms. The van der Waals surface area contributed by atoms with Crippen LogP contribution in [0.1, 0.15) is 12.0 Å². The molecule has 1 unspecified atom stereocenters. The van der Waals surface area contributed by atoms with Crippen molar-refractivity contribution in [3.05, 3.63) is 33.4 Å². The summed E-state index contributed by atoms with van der Waals surface area (Å²) < 4.78 is 1.31. The molecule has 2 rings (SSSR count). The zero-order valence-electron chi connectivity index (χ0n) is 10.7. The standard InChI is InChI=1S/C14H21IN2/c1-16-8-7-13(10-16)11-17(2)9-12-3-5-14(15)6-4-12/h3-6,13H,7-11H2,1-2H3. The van der Waals surface area contributed by atoms with E-state index in [0.717, 1.165) is 12.5 Å². The average Bonchev–Trinajstić information content (AvgIpc) is 2.67. The zero-order chi connectivity index (χ0) is 12.3. The van der Waals surface area contributed by atoms with Crippen LogP contribution in [0.4, 0.5) is 0 Å². The second kappa shape index (κ2) is 6.16. The van der Waals surface area contributed by atoms with Gasteiger partial charge in [-0.2, -0.15) is 0 Å². The zero-order valence-corrected chi connectivity index (χ0v) is 12.9. The molecule has 94 valence electrons. The van der Waals surface area contributed by atoms with Gasteiger partial charge in [0, 0.05) is 23.2 Å². The van der Waals surface area contributed by atoms with Crippen LogP contribution < -0.4 is 0 Å². The van der Waals surface area contributed by atoms with Crippen molar-refractivity contribution in [1.82, 2.24) is 9.80 Å². The predicted molar refractivity (Wildman–Crippen MR) is 81.1 cm³/mol. The highest BCUT2D eigenvalue weighted by atomic mass is 127. The fourth-order valence-electron chi connectivity index (χ4n) is 2.58. The molecule has 1 saturated heterocycles. The molecule has 0 aromatic heterocycles. The van der Waals surface area contributed by atoms with Crippen molar-refractivity contribution < 1.29 is 0 Å². The lowest BCUT2D eigenvalue weighted by Gasteiger charge is -2.21. The smallest absolute Gasteiger partial charge is 0.0230 e. The second-order valence-electron chi connectivity index (χ2n) is 5.24. The molecule has 0 N–H and O–H groups in total. The van der Waals surface area contributed by atoms with Gasteiger partial charge >= 0.3 is 0 Å². The van der Waals surface area contributed by atoms with Crippen LogP contribution in [0.3, 0.4) is 0 Å². The van der Waals surface area contributed by atoms with Crippen molar-refractivity contribution in [2.75, 3.05) is 33.7 Å². The summed E-state index contributed by atoms with van der Waals surface area (Å²) in [7, 11) is 4.45. The summed E-state index contributed by atoms with van der Waals surface area (Å²) in [6, 6.07) is 8.85. The molecule has 1 heterocycles. The van der Waals surface area contributed by atoms with Crippen molar-refractivity contribution >= 4 is 22.6 Å². The summed E-state index contributed by atoms with van der Waals surface area (Å²) in [5, 5.41) is 0. The lowest BCUT2D eigenvalue weighted by molar-refractivity contribution is 0.267. The third-order valence-electron chi connectivity index (χ3n) is 3.42. The van der Waals surface area contributed by atoms with E-state index in [1.54, 1.807) is 0 Å². The topological polar surface area (TPSA) is 6.48 Å². The van der Waals surface area contributed by atoms with Gasteiger partial charge in [0.05, 0.1) is 0 Å².